The van der Waals surface area contributed by atoms with Gasteiger partial charge < -0.3 is 15.3 Å². The molecule has 3 N–H and O–H groups in total. The fourth-order valence-electron chi connectivity index (χ4n) is 5.79. The third-order valence-electron chi connectivity index (χ3n) is 7.09. The van der Waals surface area contributed by atoms with E-state index >= 15 is 0 Å². The van der Waals surface area contributed by atoms with Crippen molar-refractivity contribution < 1.29 is 5.11 Å². The highest BCUT2D eigenvalue weighted by Crippen LogP contribution is 2.34. The van der Waals surface area contributed by atoms with Crippen LogP contribution in [0.15, 0.2) is 52.8 Å². The van der Waals surface area contributed by atoms with Crippen molar-refractivity contribution in [2.45, 2.75) is 70.5 Å². The zero-order chi connectivity index (χ0) is 24.1. The number of aromatic hydroxyl groups is 1. The van der Waals surface area contributed by atoms with Gasteiger partial charge in [-0.25, -0.2) is 0 Å². The van der Waals surface area contributed by atoms with E-state index in [1.807, 2.05) is 36.5 Å². The number of phenolic OH excluding ortho intramolecular Hbond substituents is 1. The van der Waals surface area contributed by atoms with E-state index in [0.29, 0.717) is 6.04 Å². The number of nitrogens with zero attached hydrogens (tertiary/aromatic N) is 4. The molecule has 7 nitrogen and oxygen atoms in total. The van der Waals surface area contributed by atoms with Gasteiger partial charge in [0.2, 0.25) is 0 Å². The SMILES string of the molecule is CN(C1=NN=C(c2ccc(-c3cccc4cn[nH]c34)cc2O)CC1)C1CC(C)(C)NC(C)(C)C1. The van der Waals surface area contributed by atoms with Gasteiger partial charge in [0, 0.05) is 47.1 Å². The molecule has 3 aromatic rings. The Morgan fingerprint density at radius 1 is 0.971 bits per heavy atom. The van der Waals surface area contributed by atoms with E-state index in [0.717, 1.165) is 64.8 Å². The summed E-state index contributed by atoms with van der Waals surface area (Å²) in [4.78, 5) is 2.32. The van der Waals surface area contributed by atoms with Crippen LogP contribution in [-0.2, 0) is 0 Å². The molecule has 1 fully saturated rings. The first-order valence-electron chi connectivity index (χ1n) is 12.0. The highest BCUT2D eigenvalue weighted by atomic mass is 16.3. The molecule has 1 saturated heterocycles. The van der Waals surface area contributed by atoms with Crippen LogP contribution in [0.2, 0.25) is 0 Å². The normalized spacial score (nSPS) is 20.1. The number of amidine groups is 1. The molecule has 0 bridgehead atoms. The second-order valence-corrected chi connectivity index (χ2v) is 11.0. The van der Waals surface area contributed by atoms with Crippen LogP contribution in [-0.4, -0.2) is 55.9 Å². The Morgan fingerprint density at radius 2 is 1.74 bits per heavy atom. The molecule has 34 heavy (non-hydrogen) atoms. The van der Waals surface area contributed by atoms with Crippen LogP contribution < -0.4 is 5.32 Å². The number of fused-ring (bicyclic) bond motifs is 1. The molecule has 0 radical (unpaired) electrons. The number of hydrogen-bond acceptors (Lipinski definition) is 6. The maximum atomic E-state index is 10.8. The molecular formula is C27H34N6O. The standard InChI is InChI=1S/C27H34N6O/c1-26(2)14-19(15-27(3,4)32-26)33(5)24-12-11-22(29-30-24)21-10-9-17(13-23(21)34)20-8-6-7-18-16-28-31-25(18)20/h6-10,13,16,19,32,34H,11-12,14-15H2,1-5H3,(H,28,31). The van der Waals surface area contributed by atoms with Crippen molar-refractivity contribution >= 4 is 22.5 Å². The molecule has 3 heterocycles. The Morgan fingerprint density at radius 3 is 2.41 bits per heavy atom. The van der Waals surface area contributed by atoms with Gasteiger partial charge in [-0.2, -0.15) is 10.2 Å². The second kappa shape index (κ2) is 8.24. The quantitative estimate of drug-likeness (QED) is 0.511. The molecule has 0 atom stereocenters. The fraction of sp³-hybridized carbons (Fsp3) is 0.444. The third-order valence-corrected chi connectivity index (χ3v) is 7.09. The van der Waals surface area contributed by atoms with E-state index in [1.165, 1.54) is 0 Å². The minimum Gasteiger partial charge on any atom is -0.507 e. The number of rotatable bonds is 3. The molecule has 178 valence electrons. The van der Waals surface area contributed by atoms with Gasteiger partial charge in [0.1, 0.15) is 11.6 Å². The van der Waals surface area contributed by atoms with Gasteiger partial charge >= 0.3 is 0 Å². The van der Waals surface area contributed by atoms with E-state index < -0.39 is 0 Å². The number of piperidine rings is 1. The molecule has 0 aliphatic carbocycles. The minimum atomic E-state index is 0.0817. The highest BCUT2D eigenvalue weighted by molar-refractivity contribution is 6.06. The van der Waals surface area contributed by atoms with Gasteiger partial charge in [0.05, 0.1) is 17.4 Å². The maximum Gasteiger partial charge on any atom is 0.127 e. The maximum absolute atomic E-state index is 10.8. The Bertz CT molecular complexity index is 1270. The van der Waals surface area contributed by atoms with Gasteiger partial charge in [0.25, 0.3) is 0 Å². The fourth-order valence-corrected chi connectivity index (χ4v) is 5.79. The largest absolute Gasteiger partial charge is 0.507 e. The van der Waals surface area contributed by atoms with Gasteiger partial charge in [-0.1, -0.05) is 24.3 Å². The summed E-state index contributed by atoms with van der Waals surface area (Å²) in [6, 6.07) is 12.2. The van der Waals surface area contributed by atoms with Crippen molar-refractivity contribution in [2.75, 3.05) is 7.05 Å². The minimum absolute atomic E-state index is 0.0817. The predicted octanol–water partition coefficient (Wildman–Crippen LogP) is 5.07. The lowest BCUT2D eigenvalue weighted by Gasteiger charge is -2.49. The second-order valence-electron chi connectivity index (χ2n) is 11.0. The average Bonchev–Trinajstić information content (AvgIpc) is 3.26. The molecule has 0 spiro atoms. The van der Waals surface area contributed by atoms with Crippen molar-refractivity contribution in [1.82, 2.24) is 20.4 Å². The van der Waals surface area contributed by atoms with Crippen LogP contribution in [0, 0.1) is 0 Å². The van der Waals surface area contributed by atoms with Crippen molar-refractivity contribution in [3.05, 3.63) is 48.2 Å². The van der Waals surface area contributed by atoms with Crippen LogP contribution in [0.5, 0.6) is 5.75 Å². The smallest absolute Gasteiger partial charge is 0.127 e. The number of nitrogens with one attached hydrogen (secondary N) is 2. The summed E-state index contributed by atoms with van der Waals surface area (Å²) in [6.45, 7) is 9.08. The Labute approximate surface area is 201 Å². The molecule has 2 aromatic carbocycles. The predicted molar refractivity (Wildman–Crippen MR) is 138 cm³/mol. The number of aromatic amines is 1. The van der Waals surface area contributed by atoms with E-state index in [1.54, 1.807) is 6.07 Å². The molecule has 0 amide bonds. The van der Waals surface area contributed by atoms with Crippen LogP contribution in [0.25, 0.3) is 22.0 Å². The first kappa shape index (κ1) is 22.6. The number of para-hydroxylation sites is 1. The summed E-state index contributed by atoms with van der Waals surface area (Å²) >= 11 is 0. The molecule has 7 heteroatoms. The first-order valence-corrected chi connectivity index (χ1v) is 12.0. The molecule has 1 aromatic heterocycles. The molecule has 5 rings (SSSR count). The number of benzene rings is 2. The van der Waals surface area contributed by atoms with Crippen LogP contribution in [0.3, 0.4) is 0 Å². The van der Waals surface area contributed by atoms with Crippen molar-refractivity contribution in [1.29, 1.82) is 0 Å². The summed E-state index contributed by atoms with van der Waals surface area (Å²) in [5.74, 6) is 1.24. The summed E-state index contributed by atoms with van der Waals surface area (Å²) in [6.07, 6.45) is 5.50. The van der Waals surface area contributed by atoms with Crippen molar-refractivity contribution in [3.63, 3.8) is 0 Å². The molecule has 2 aliphatic heterocycles. The summed E-state index contributed by atoms with van der Waals surface area (Å²) < 4.78 is 0. The molecule has 2 aliphatic rings. The van der Waals surface area contributed by atoms with Crippen LogP contribution in [0.1, 0.15) is 58.9 Å². The zero-order valence-electron chi connectivity index (χ0n) is 20.7. The van der Waals surface area contributed by atoms with Crippen molar-refractivity contribution in [3.8, 4) is 16.9 Å². The zero-order valence-corrected chi connectivity index (χ0v) is 20.7. The van der Waals surface area contributed by atoms with E-state index in [2.05, 4.69) is 65.4 Å². The van der Waals surface area contributed by atoms with Gasteiger partial charge in [0.15, 0.2) is 0 Å². The summed E-state index contributed by atoms with van der Waals surface area (Å²) in [5.41, 5.74) is 4.65. The molecule has 0 saturated carbocycles. The average molecular weight is 459 g/mol. The van der Waals surface area contributed by atoms with E-state index in [9.17, 15) is 5.11 Å². The van der Waals surface area contributed by atoms with Crippen LogP contribution in [0.4, 0.5) is 0 Å². The lowest BCUT2D eigenvalue weighted by Crippen LogP contribution is -2.62. The molecular weight excluding hydrogens is 424 g/mol. The third kappa shape index (κ3) is 4.32. The van der Waals surface area contributed by atoms with E-state index in [-0.39, 0.29) is 16.8 Å². The van der Waals surface area contributed by atoms with Gasteiger partial charge in [-0.3, -0.25) is 5.10 Å². The molecule has 0 unspecified atom stereocenters. The number of H-pyrrole nitrogens is 1. The Kier molecular flexibility index (Phi) is 5.47. The first-order chi connectivity index (χ1) is 16.1. The van der Waals surface area contributed by atoms with Gasteiger partial charge in [-0.05, 0) is 64.7 Å². The lowest BCUT2D eigenvalue weighted by atomic mass is 9.79. The Hall–Kier alpha value is -3.19. The Balaban J connectivity index is 1.37. The van der Waals surface area contributed by atoms with Gasteiger partial charge in [-0.15, -0.1) is 5.10 Å². The number of aromatic nitrogens is 2. The summed E-state index contributed by atoms with van der Waals surface area (Å²) in [5, 5.41) is 32.0. The van der Waals surface area contributed by atoms with Crippen molar-refractivity contribution in [2.24, 2.45) is 10.2 Å². The highest BCUT2D eigenvalue weighted by Gasteiger charge is 2.40. The monoisotopic (exact) mass is 458 g/mol. The number of hydrogen-bond donors (Lipinski definition) is 3. The number of phenols is 1. The topological polar surface area (TPSA) is 88.9 Å². The lowest BCUT2D eigenvalue weighted by molar-refractivity contribution is 0.112. The summed E-state index contributed by atoms with van der Waals surface area (Å²) in [7, 11) is 2.14. The van der Waals surface area contributed by atoms with Crippen LogP contribution >= 0.6 is 0 Å². The van der Waals surface area contributed by atoms with E-state index in [4.69, 9.17) is 0 Å².